The second kappa shape index (κ2) is 7.38. The Morgan fingerprint density at radius 2 is 1.95 bits per heavy atom. The van der Waals surface area contributed by atoms with E-state index in [4.69, 9.17) is 14.9 Å². The molecule has 0 saturated heterocycles. The number of carboxylic acid groups (broad SMARTS) is 1. The quantitative estimate of drug-likeness (QED) is 0.716. The molecule has 0 aliphatic rings. The Morgan fingerprint density at radius 3 is 2.47 bits per heavy atom. The minimum atomic E-state index is -1.21. The Morgan fingerprint density at radius 1 is 1.32 bits per heavy atom. The Labute approximate surface area is 111 Å². The van der Waals surface area contributed by atoms with Crippen molar-refractivity contribution in [2.24, 2.45) is 0 Å². The second-order valence-corrected chi connectivity index (χ2v) is 4.11. The number of aliphatic hydroxyl groups is 1. The standard InChI is InChI=1S/C13H17NO5/c1-9-2-4-10(5-3-9)8-19-13(18)14-11(6-7-15)12(16)17/h2-5,11,15H,6-8H2,1H3,(H,14,18)(H,16,17)/t11-/m0/s1. The highest BCUT2D eigenvalue weighted by molar-refractivity contribution is 5.79. The number of carboxylic acids is 1. The lowest BCUT2D eigenvalue weighted by Gasteiger charge is -2.13. The van der Waals surface area contributed by atoms with Crippen LogP contribution in [0.15, 0.2) is 24.3 Å². The Balaban J connectivity index is 2.42. The van der Waals surface area contributed by atoms with Crippen molar-refractivity contribution in [1.82, 2.24) is 5.32 Å². The molecule has 0 fully saturated rings. The van der Waals surface area contributed by atoms with E-state index in [-0.39, 0.29) is 19.6 Å². The van der Waals surface area contributed by atoms with E-state index in [1.807, 2.05) is 31.2 Å². The number of aryl methyl sites for hydroxylation is 1. The summed E-state index contributed by atoms with van der Waals surface area (Å²) in [5, 5.41) is 19.6. The van der Waals surface area contributed by atoms with E-state index in [9.17, 15) is 9.59 Å². The van der Waals surface area contributed by atoms with Gasteiger partial charge in [0.2, 0.25) is 0 Å². The lowest BCUT2D eigenvalue weighted by molar-refractivity contribution is -0.139. The molecule has 0 spiro atoms. The molecule has 104 valence electrons. The third-order valence-corrected chi connectivity index (χ3v) is 2.50. The summed E-state index contributed by atoms with van der Waals surface area (Å²) in [7, 11) is 0. The molecule has 6 heteroatoms. The number of carbonyl (C=O) groups is 2. The summed E-state index contributed by atoms with van der Waals surface area (Å²) in [5.41, 5.74) is 1.91. The maximum absolute atomic E-state index is 11.4. The van der Waals surface area contributed by atoms with Gasteiger partial charge in [0.05, 0.1) is 0 Å². The SMILES string of the molecule is Cc1ccc(COC(=O)N[C@@H](CCO)C(=O)O)cc1. The van der Waals surface area contributed by atoms with Gasteiger partial charge in [0.1, 0.15) is 12.6 Å². The first kappa shape index (κ1) is 15.0. The average Bonchev–Trinajstić information content (AvgIpc) is 2.37. The van der Waals surface area contributed by atoms with Crippen LogP contribution < -0.4 is 5.32 Å². The van der Waals surface area contributed by atoms with Crippen molar-refractivity contribution in [3.63, 3.8) is 0 Å². The van der Waals surface area contributed by atoms with E-state index in [2.05, 4.69) is 5.32 Å². The van der Waals surface area contributed by atoms with Crippen molar-refractivity contribution < 1.29 is 24.5 Å². The first-order valence-corrected chi connectivity index (χ1v) is 5.85. The van der Waals surface area contributed by atoms with Crippen LogP contribution in [0.3, 0.4) is 0 Å². The first-order chi connectivity index (χ1) is 9.02. The van der Waals surface area contributed by atoms with Crippen LogP contribution in [-0.2, 0) is 16.1 Å². The zero-order valence-electron chi connectivity index (χ0n) is 10.6. The first-order valence-electron chi connectivity index (χ1n) is 5.85. The van der Waals surface area contributed by atoms with Gasteiger partial charge >= 0.3 is 12.1 Å². The van der Waals surface area contributed by atoms with Crippen molar-refractivity contribution in [1.29, 1.82) is 0 Å². The number of carbonyl (C=O) groups excluding carboxylic acids is 1. The number of rotatable bonds is 6. The fourth-order valence-electron chi connectivity index (χ4n) is 1.40. The summed E-state index contributed by atoms with van der Waals surface area (Å²) >= 11 is 0. The van der Waals surface area contributed by atoms with Crippen molar-refractivity contribution in [2.45, 2.75) is 26.0 Å². The van der Waals surface area contributed by atoms with E-state index in [0.717, 1.165) is 11.1 Å². The molecule has 1 atom stereocenters. The number of aliphatic carboxylic acids is 1. The van der Waals surface area contributed by atoms with E-state index < -0.39 is 18.1 Å². The summed E-state index contributed by atoms with van der Waals surface area (Å²) in [6.45, 7) is 1.69. The number of benzene rings is 1. The van der Waals surface area contributed by atoms with Gasteiger partial charge in [-0.05, 0) is 12.5 Å². The summed E-state index contributed by atoms with van der Waals surface area (Å²) in [6.07, 6.45) is -0.879. The third kappa shape index (κ3) is 5.39. The molecule has 1 rings (SSSR count). The monoisotopic (exact) mass is 267 g/mol. The topological polar surface area (TPSA) is 95.9 Å². The van der Waals surface area contributed by atoms with Gasteiger partial charge in [0.15, 0.2) is 0 Å². The van der Waals surface area contributed by atoms with Crippen LogP contribution in [0, 0.1) is 6.92 Å². The summed E-state index contributed by atoms with van der Waals surface area (Å²) < 4.78 is 4.90. The van der Waals surface area contributed by atoms with Gasteiger partial charge in [0, 0.05) is 13.0 Å². The minimum Gasteiger partial charge on any atom is -0.480 e. The normalized spacial score (nSPS) is 11.7. The van der Waals surface area contributed by atoms with Gasteiger partial charge < -0.3 is 20.3 Å². The fraction of sp³-hybridized carbons (Fsp3) is 0.385. The van der Waals surface area contributed by atoms with Crippen LogP contribution in [0.4, 0.5) is 4.79 Å². The van der Waals surface area contributed by atoms with Crippen molar-refractivity contribution in [2.75, 3.05) is 6.61 Å². The molecule has 1 aromatic rings. The molecule has 3 N–H and O–H groups in total. The molecule has 6 nitrogen and oxygen atoms in total. The Kier molecular flexibility index (Phi) is 5.81. The molecule has 1 amide bonds. The molecule has 0 bridgehead atoms. The highest BCUT2D eigenvalue weighted by Gasteiger charge is 2.19. The maximum Gasteiger partial charge on any atom is 0.408 e. The van der Waals surface area contributed by atoms with E-state index in [1.165, 1.54) is 0 Å². The lowest BCUT2D eigenvalue weighted by Crippen LogP contribution is -2.41. The molecule has 0 saturated carbocycles. The zero-order valence-corrected chi connectivity index (χ0v) is 10.6. The van der Waals surface area contributed by atoms with Gasteiger partial charge in [-0.2, -0.15) is 0 Å². The van der Waals surface area contributed by atoms with Crippen LogP contribution in [0.25, 0.3) is 0 Å². The summed E-state index contributed by atoms with van der Waals surface area (Å²) in [6, 6.07) is 6.29. The number of alkyl carbamates (subject to hydrolysis) is 1. The highest BCUT2D eigenvalue weighted by atomic mass is 16.5. The number of amides is 1. The largest absolute Gasteiger partial charge is 0.480 e. The average molecular weight is 267 g/mol. The number of nitrogens with one attached hydrogen (secondary N) is 1. The van der Waals surface area contributed by atoms with Gasteiger partial charge in [-0.1, -0.05) is 29.8 Å². The van der Waals surface area contributed by atoms with Crippen LogP contribution in [-0.4, -0.2) is 34.9 Å². The summed E-state index contributed by atoms with van der Waals surface area (Å²) in [4.78, 5) is 22.1. The predicted molar refractivity (Wildman–Crippen MR) is 67.6 cm³/mol. The molecule has 0 unspecified atom stereocenters. The molecular formula is C13H17NO5. The smallest absolute Gasteiger partial charge is 0.408 e. The van der Waals surface area contributed by atoms with Crippen LogP contribution in [0.5, 0.6) is 0 Å². The van der Waals surface area contributed by atoms with Crippen molar-refractivity contribution in [3.8, 4) is 0 Å². The second-order valence-electron chi connectivity index (χ2n) is 4.11. The molecule has 19 heavy (non-hydrogen) atoms. The molecule has 0 aliphatic carbocycles. The fourth-order valence-corrected chi connectivity index (χ4v) is 1.40. The van der Waals surface area contributed by atoms with Crippen molar-refractivity contribution in [3.05, 3.63) is 35.4 Å². The van der Waals surface area contributed by atoms with Crippen LogP contribution in [0.1, 0.15) is 17.5 Å². The Bertz CT molecular complexity index is 429. The van der Waals surface area contributed by atoms with Gasteiger partial charge in [-0.15, -0.1) is 0 Å². The van der Waals surface area contributed by atoms with Crippen LogP contribution >= 0.6 is 0 Å². The van der Waals surface area contributed by atoms with Gasteiger partial charge in [0.25, 0.3) is 0 Å². The summed E-state index contributed by atoms with van der Waals surface area (Å²) in [5.74, 6) is -1.21. The van der Waals surface area contributed by atoms with E-state index >= 15 is 0 Å². The lowest BCUT2D eigenvalue weighted by atomic mass is 10.2. The van der Waals surface area contributed by atoms with Crippen molar-refractivity contribution >= 4 is 12.1 Å². The van der Waals surface area contributed by atoms with Gasteiger partial charge in [-0.25, -0.2) is 9.59 Å². The minimum absolute atomic E-state index is 0.0606. The molecule has 0 aliphatic heterocycles. The number of aliphatic hydroxyl groups excluding tert-OH is 1. The predicted octanol–water partition coefficient (Wildman–Crippen LogP) is 1.06. The zero-order chi connectivity index (χ0) is 14.3. The maximum atomic E-state index is 11.4. The van der Waals surface area contributed by atoms with E-state index in [1.54, 1.807) is 0 Å². The molecule has 0 heterocycles. The molecule has 1 aromatic carbocycles. The van der Waals surface area contributed by atoms with E-state index in [0.29, 0.717) is 0 Å². The number of hydrogen-bond donors (Lipinski definition) is 3. The molecule has 0 radical (unpaired) electrons. The molecule has 0 aromatic heterocycles. The Hall–Kier alpha value is -2.08. The number of hydrogen-bond acceptors (Lipinski definition) is 4. The molecular weight excluding hydrogens is 250 g/mol. The van der Waals surface area contributed by atoms with Crippen LogP contribution in [0.2, 0.25) is 0 Å². The third-order valence-electron chi connectivity index (χ3n) is 2.50. The highest BCUT2D eigenvalue weighted by Crippen LogP contribution is 2.04. The van der Waals surface area contributed by atoms with Gasteiger partial charge in [-0.3, -0.25) is 0 Å². The number of ether oxygens (including phenoxy) is 1.